The molecule has 2 aromatic rings. The number of anilines is 1. The predicted octanol–water partition coefficient (Wildman–Crippen LogP) is 3.68. The van der Waals surface area contributed by atoms with Gasteiger partial charge in [0.2, 0.25) is 5.95 Å². The molecular weight excluding hydrogens is 318 g/mol. The van der Waals surface area contributed by atoms with E-state index in [0.29, 0.717) is 10.0 Å². The van der Waals surface area contributed by atoms with E-state index in [0.717, 1.165) is 0 Å². The zero-order chi connectivity index (χ0) is 14.0. The predicted molar refractivity (Wildman–Crippen MR) is 71.0 cm³/mol. The molecule has 2 rings (SSSR count). The number of pyridine rings is 1. The first-order valence-electron chi connectivity index (χ1n) is 5.36. The Morgan fingerprint density at radius 1 is 1.37 bits per heavy atom. The van der Waals surface area contributed by atoms with Gasteiger partial charge in [0.1, 0.15) is 5.82 Å². The highest BCUT2D eigenvalue weighted by Crippen LogP contribution is 2.24. The Hall–Kier alpha value is -1.82. The fourth-order valence-electron chi connectivity index (χ4n) is 1.53. The molecule has 0 saturated heterocycles. The standard InChI is InChI=1S/C13H9BrF2N2O/c1-7-5-9(14)10(15)6-11(7)18-13(19)8-3-2-4-17-12(8)16/h2-6H,1H3,(H,18,19). The van der Waals surface area contributed by atoms with Crippen molar-refractivity contribution in [1.29, 1.82) is 0 Å². The van der Waals surface area contributed by atoms with Crippen LogP contribution in [0.4, 0.5) is 14.5 Å². The van der Waals surface area contributed by atoms with E-state index in [-0.39, 0.29) is 11.3 Å². The van der Waals surface area contributed by atoms with Crippen LogP contribution in [0.2, 0.25) is 0 Å². The van der Waals surface area contributed by atoms with E-state index in [1.807, 2.05) is 0 Å². The highest BCUT2D eigenvalue weighted by molar-refractivity contribution is 9.10. The number of aromatic nitrogens is 1. The van der Waals surface area contributed by atoms with Crippen molar-refractivity contribution in [3.8, 4) is 0 Å². The van der Waals surface area contributed by atoms with Gasteiger partial charge in [-0.2, -0.15) is 4.39 Å². The van der Waals surface area contributed by atoms with Crippen LogP contribution in [-0.2, 0) is 0 Å². The number of hydrogen-bond acceptors (Lipinski definition) is 2. The van der Waals surface area contributed by atoms with Gasteiger partial charge in [-0.3, -0.25) is 4.79 Å². The minimum absolute atomic E-state index is 0.190. The summed E-state index contributed by atoms with van der Waals surface area (Å²) in [5.41, 5.74) is 0.755. The first-order valence-corrected chi connectivity index (χ1v) is 6.16. The average molecular weight is 327 g/mol. The third kappa shape index (κ3) is 2.96. The molecule has 6 heteroatoms. The van der Waals surface area contributed by atoms with Crippen LogP contribution in [0, 0.1) is 18.7 Å². The van der Waals surface area contributed by atoms with Gasteiger partial charge >= 0.3 is 0 Å². The van der Waals surface area contributed by atoms with Gasteiger partial charge in [0.15, 0.2) is 0 Å². The smallest absolute Gasteiger partial charge is 0.260 e. The number of aryl methyl sites for hydroxylation is 1. The third-order valence-electron chi connectivity index (χ3n) is 2.52. The third-order valence-corrected chi connectivity index (χ3v) is 3.13. The number of amides is 1. The Kier molecular flexibility index (Phi) is 3.90. The lowest BCUT2D eigenvalue weighted by molar-refractivity contribution is 0.102. The molecule has 1 aromatic carbocycles. The first-order chi connectivity index (χ1) is 8.99. The molecule has 0 fully saturated rings. The van der Waals surface area contributed by atoms with E-state index in [4.69, 9.17) is 0 Å². The maximum Gasteiger partial charge on any atom is 0.260 e. The van der Waals surface area contributed by atoms with Crippen molar-refractivity contribution in [2.45, 2.75) is 6.92 Å². The van der Waals surface area contributed by atoms with Gasteiger partial charge in [-0.1, -0.05) is 0 Å². The zero-order valence-corrected chi connectivity index (χ0v) is 11.5. The maximum absolute atomic E-state index is 13.4. The fraction of sp³-hybridized carbons (Fsp3) is 0.0769. The van der Waals surface area contributed by atoms with Gasteiger partial charge in [0, 0.05) is 11.9 Å². The van der Waals surface area contributed by atoms with E-state index < -0.39 is 17.7 Å². The number of nitrogens with zero attached hydrogens (tertiary/aromatic N) is 1. The normalized spacial score (nSPS) is 10.3. The molecule has 1 heterocycles. The average Bonchev–Trinajstić information content (AvgIpc) is 2.36. The van der Waals surface area contributed by atoms with Crippen LogP contribution in [0.15, 0.2) is 34.9 Å². The van der Waals surface area contributed by atoms with Crippen LogP contribution in [0.3, 0.4) is 0 Å². The summed E-state index contributed by atoms with van der Waals surface area (Å²) in [6, 6.07) is 5.46. The van der Waals surface area contributed by atoms with Crippen molar-refractivity contribution in [2.75, 3.05) is 5.32 Å². The summed E-state index contributed by atoms with van der Waals surface area (Å²) < 4.78 is 27.0. The molecule has 0 saturated carbocycles. The highest BCUT2D eigenvalue weighted by Gasteiger charge is 2.14. The molecule has 0 aliphatic carbocycles. The lowest BCUT2D eigenvalue weighted by atomic mass is 10.2. The summed E-state index contributed by atoms with van der Waals surface area (Å²) in [7, 11) is 0. The largest absolute Gasteiger partial charge is 0.321 e. The summed E-state index contributed by atoms with van der Waals surface area (Å²) in [6.07, 6.45) is 1.25. The lowest BCUT2D eigenvalue weighted by Crippen LogP contribution is -2.15. The van der Waals surface area contributed by atoms with Crippen LogP contribution < -0.4 is 5.32 Å². The minimum atomic E-state index is -0.866. The van der Waals surface area contributed by atoms with Gasteiger partial charge in [0.05, 0.1) is 10.0 Å². The number of rotatable bonds is 2. The summed E-state index contributed by atoms with van der Waals surface area (Å²) in [5.74, 6) is -2.04. The second kappa shape index (κ2) is 5.44. The first kappa shape index (κ1) is 13.6. The number of nitrogens with one attached hydrogen (secondary N) is 1. The second-order valence-electron chi connectivity index (χ2n) is 3.88. The van der Waals surface area contributed by atoms with Crippen molar-refractivity contribution >= 4 is 27.5 Å². The van der Waals surface area contributed by atoms with Gasteiger partial charge in [0.25, 0.3) is 5.91 Å². The Bertz CT molecular complexity index is 647. The van der Waals surface area contributed by atoms with Crippen LogP contribution >= 0.6 is 15.9 Å². The monoisotopic (exact) mass is 326 g/mol. The number of carbonyl (C=O) groups excluding carboxylic acids is 1. The van der Waals surface area contributed by atoms with E-state index >= 15 is 0 Å². The molecule has 0 unspecified atom stereocenters. The number of carbonyl (C=O) groups is 1. The molecule has 0 aliphatic heterocycles. The van der Waals surface area contributed by atoms with E-state index in [9.17, 15) is 13.6 Å². The van der Waals surface area contributed by atoms with Crippen LogP contribution in [0.25, 0.3) is 0 Å². The molecule has 19 heavy (non-hydrogen) atoms. The molecule has 0 atom stereocenters. The van der Waals surface area contributed by atoms with Crippen molar-refractivity contribution in [2.24, 2.45) is 0 Å². The number of benzene rings is 1. The molecule has 3 nitrogen and oxygen atoms in total. The molecule has 0 bridgehead atoms. The Labute approximate surface area is 116 Å². The van der Waals surface area contributed by atoms with Gasteiger partial charge < -0.3 is 5.32 Å². The van der Waals surface area contributed by atoms with Crippen molar-refractivity contribution in [1.82, 2.24) is 4.98 Å². The Balaban J connectivity index is 2.30. The number of halogens is 3. The summed E-state index contributed by atoms with van der Waals surface area (Å²) in [4.78, 5) is 15.2. The molecule has 1 aromatic heterocycles. The van der Waals surface area contributed by atoms with Crippen molar-refractivity contribution < 1.29 is 13.6 Å². The molecule has 0 radical (unpaired) electrons. The van der Waals surface area contributed by atoms with Crippen LogP contribution in [0.5, 0.6) is 0 Å². The Morgan fingerprint density at radius 2 is 2.11 bits per heavy atom. The zero-order valence-electron chi connectivity index (χ0n) is 9.88. The second-order valence-corrected chi connectivity index (χ2v) is 4.73. The molecule has 0 aliphatic rings. The molecule has 98 valence electrons. The van der Waals surface area contributed by atoms with Gasteiger partial charge in [-0.05, 0) is 52.7 Å². The Morgan fingerprint density at radius 3 is 2.79 bits per heavy atom. The minimum Gasteiger partial charge on any atom is -0.321 e. The van der Waals surface area contributed by atoms with E-state index in [1.165, 1.54) is 30.5 Å². The van der Waals surface area contributed by atoms with E-state index in [2.05, 4.69) is 26.2 Å². The lowest BCUT2D eigenvalue weighted by Gasteiger charge is -2.09. The molecular formula is C13H9BrF2N2O. The van der Waals surface area contributed by atoms with E-state index in [1.54, 1.807) is 6.92 Å². The van der Waals surface area contributed by atoms with Crippen molar-refractivity contribution in [3.05, 3.63) is 57.8 Å². The quantitative estimate of drug-likeness (QED) is 0.855. The van der Waals surface area contributed by atoms with Crippen LogP contribution in [0.1, 0.15) is 15.9 Å². The SMILES string of the molecule is Cc1cc(Br)c(F)cc1NC(=O)c1cccnc1F. The van der Waals surface area contributed by atoms with Crippen molar-refractivity contribution in [3.63, 3.8) is 0 Å². The molecule has 1 amide bonds. The highest BCUT2D eigenvalue weighted by atomic mass is 79.9. The van der Waals surface area contributed by atoms with Gasteiger partial charge in [-0.25, -0.2) is 9.37 Å². The molecule has 0 spiro atoms. The summed E-state index contributed by atoms with van der Waals surface area (Å²) >= 11 is 3.05. The van der Waals surface area contributed by atoms with Crippen LogP contribution in [-0.4, -0.2) is 10.9 Å². The summed E-state index contributed by atoms with van der Waals surface area (Å²) in [6.45, 7) is 1.71. The summed E-state index contributed by atoms with van der Waals surface area (Å²) in [5, 5.41) is 2.46. The fourth-order valence-corrected chi connectivity index (χ4v) is 1.98. The topological polar surface area (TPSA) is 42.0 Å². The maximum atomic E-state index is 13.4. The number of hydrogen-bond donors (Lipinski definition) is 1. The molecule has 1 N–H and O–H groups in total. The van der Waals surface area contributed by atoms with Gasteiger partial charge in [-0.15, -0.1) is 0 Å².